The molecule has 0 bridgehead atoms. The number of amides is 1. The van der Waals surface area contributed by atoms with Gasteiger partial charge in [0.1, 0.15) is 25.0 Å². The molecule has 0 aliphatic carbocycles. The number of carbonyl (C=O) groups is 1. The third kappa shape index (κ3) is 3.31. The van der Waals surface area contributed by atoms with Crippen LogP contribution in [0.3, 0.4) is 0 Å². The Hall–Kier alpha value is -3.15. The molecule has 1 N–H and O–H groups in total. The highest BCUT2D eigenvalue weighted by atomic mass is 16.5. The van der Waals surface area contributed by atoms with Crippen LogP contribution in [0.5, 0.6) is 5.75 Å². The number of hydrogen-bond donors (Lipinski definition) is 1. The molecule has 2 heterocycles. The van der Waals surface area contributed by atoms with Crippen molar-refractivity contribution in [2.75, 3.05) is 6.61 Å². The van der Waals surface area contributed by atoms with E-state index in [-0.39, 0.29) is 17.9 Å². The number of benzene rings is 2. The minimum absolute atomic E-state index is 0.0207. The van der Waals surface area contributed by atoms with E-state index in [1.165, 1.54) is 6.33 Å². The Morgan fingerprint density at radius 1 is 1.23 bits per heavy atom. The number of aromatic nitrogens is 3. The molecule has 1 aliphatic rings. The number of ether oxygens (including phenoxy) is 1. The van der Waals surface area contributed by atoms with Crippen LogP contribution >= 0.6 is 0 Å². The number of nitrogens with one attached hydrogen (secondary N) is 1. The molecule has 2 aromatic carbocycles. The number of fused-ring (bicyclic) bond motifs is 1. The van der Waals surface area contributed by atoms with Gasteiger partial charge >= 0.3 is 0 Å². The molecular formula is C20H20N4O2. The van der Waals surface area contributed by atoms with Gasteiger partial charge in [0, 0.05) is 0 Å². The van der Waals surface area contributed by atoms with Gasteiger partial charge in [0.2, 0.25) is 5.91 Å². The van der Waals surface area contributed by atoms with Crippen LogP contribution in [0.15, 0.2) is 61.2 Å². The molecule has 6 heteroatoms. The first-order valence-electron chi connectivity index (χ1n) is 8.67. The SMILES string of the molecule is C[C@H](NC(=O)[C@H]1COc2ccccc2C1)c1ccc(-n2cncn2)cc1. The molecule has 0 fully saturated rings. The fourth-order valence-electron chi connectivity index (χ4n) is 3.17. The van der Waals surface area contributed by atoms with Gasteiger partial charge in [0.05, 0.1) is 17.6 Å². The molecule has 0 saturated carbocycles. The van der Waals surface area contributed by atoms with Gasteiger partial charge < -0.3 is 10.1 Å². The first-order valence-corrected chi connectivity index (χ1v) is 8.67. The van der Waals surface area contributed by atoms with Gasteiger partial charge in [0.25, 0.3) is 0 Å². The van der Waals surface area contributed by atoms with E-state index >= 15 is 0 Å². The molecule has 132 valence electrons. The average molecular weight is 348 g/mol. The summed E-state index contributed by atoms with van der Waals surface area (Å²) in [6, 6.07) is 15.7. The highest BCUT2D eigenvalue weighted by molar-refractivity contribution is 5.80. The molecule has 2 atom stereocenters. The summed E-state index contributed by atoms with van der Waals surface area (Å²) in [6.07, 6.45) is 3.86. The van der Waals surface area contributed by atoms with Crippen LogP contribution in [-0.2, 0) is 11.2 Å². The number of hydrogen-bond acceptors (Lipinski definition) is 4. The van der Waals surface area contributed by atoms with E-state index in [0.717, 1.165) is 22.6 Å². The average Bonchev–Trinajstić information content (AvgIpc) is 3.22. The topological polar surface area (TPSA) is 69.0 Å². The summed E-state index contributed by atoms with van der Waals surface area (Å²) in [5.41, 5.74) is 3.06. The van der Waals surface area contributed by atoms with Crippen LogP contribution in [0.1, 0.15) is 24.1 Å². The van der Waals surface area contributed by atoms with Crippen LogP contribution < -0.4 is 10.1 Å². The second-order valence-corrected chi connectivity index (χ2v) is 6.48. The Kier molecular flexibility index (Phi) is 4.39. The number of para-hydroxylation sites is 1. The van der Waals surface area contributed by atoms with E-state index < -0.39 is 0 Å². The maximum absolute atomic E-state index is 12.6. The Morgan fingerprint density at radius 2 is 2.04 bits per heavy atom. The first kappa shape index (κ1) is 16.3. The minimum Gasteiger partial charge on any atom is -0.492 e. The summed E-state index contributed by atoms with van der Waals surface area (Å²) in [7, 11) is 0. The molecule has 4 rings (SSSR count). The summed E-state index contributed by atoms with van der Waals surface area (Å²) >= 11 is 0. The van der Waals surface area contributed by atoms with E-state index in [1.807, 2.05) is 55.5 Å². The molecule has 0 spiro atoms. The molecular weight excluding hydrogens is 328 g/mol. The lowest BCUT2D eigenvalue weighted by Crippen LogP contribution is -2.38. The first-order chi connectivity index (χ1) is 12.7. The van der Waals surface area contributed by atoms with Gasteiger partial charge in [-0.2, -0.15) is 5.10 Å². The summed E-state index contributed by atoms with van der Waals surface area (Å²) in [4.78, 5) is 16.6. The zero-order valence-electron chi connectivity index (χ0n) is 14.5. The summed E-state index contributed by atoms with van der Waals surface area (Å²) in [6.45, 7) is 2.40. The van der Waals surface area contributed by atoms with E-state index in [4.69, 9.17) is 4.74 Å². The Morgan fingerprint density at radius 3 is 2.81 bits per heavy atom. The maximum Gasteiger partial charge on any atom is 0.227 e. The number of rotatable bonds is 4. The predicted molar refractivity (Wildman–Crippen MR) is 97.0 cm³/mol. The van der Waals surface area contributed by atoms with Crippen molar-refractivity contribution in [3.63, 3.8) is 0 Å². The lowest BCUT2D eigenvalue weighted by atomic mass is 9.95. The molecule has 0 saturated heterocycles. The molecule has 1 aliphatic heterocycles. The standard InChI is InChI=1S/C20H20N4O2/c1-14(15-6-8-18(9-7-15)24-13-21-12-22-24)23-20(25)17-10-16-4-2-3-5-19(16)26-11-17/h2-9,12-14,17H,10-11H2,1H3,(H,23,25)/t14-,17+/m0/s1. The zero-order chi connectivity index (χ0) is 17.9. The normalized spacial score (nSPS) is 17.0. The zero-order valence-corrected chi connectivity index (χ0v) is 14.5. The van der Waals surface area contributed by atoms with Crippen LogP contribution in [0.4, 0.5) is 0 Å². The Bertz CT molecular complexity index is 890. The highest BCUT2D eigenvalue weighted by Gasteiger charge is 2.26. The summed E-state index contributed by atoms with van der Waals surface area (Å²) < 4.78 is 7.42. The molecule has 3 aromatic rings. The third-order valence-corrected chi connectivity index (χ3v) is 4.68. The van der Waals surface area contributed by atoms with Crippen LogP contribution in [-0.4, -0.2) is 27.3 Å². The molecule has 1 amide bonds. The predicted octanol–water partition coefficient (Wildman–Crippen LogP) is 2.70. The molecule has 0 unspecified atom stereocenters. The van der Waals surface area contributed by atoms with Gasteiger partial charge in [-0.1, -0.05) is 30.3 Å². The van der Waals surface area contributed by atoms with Crippen LogP contribution in [0.25, 0.3) is 5.69 Å². The van der Waals surface area contributed by atoms with E-state index in [9.17, 15) is 4.79 Å². The van der Waals surface area contributed by atoms with Crippen molar-refractivity contribution in [1.29, 1.82) is 0 Å². The Balaban J connectivity index is 1.40. The number of nitrogens with zero attached hydrogens (tertiary/aromatic N) is 3. The summed E-state index contributed by atoms with van der Waals surface area (Å²) in [5, 5.41) is 7.21. The number of carbonyl (C=O) groups excluding carboxylic acids is 1. The van der Waals surface area contributed by atoms with Crippen molar-refractivity contribution < 1.29 is 9.53 Å². The third-order valence-electron chi connectivity index (χ3n) is 4.68. The van der Waals surface area contributed by atoms with Gasteiger partial charge in [-0.3, -0.25) is 4.79 Å². The van der Waals surface area contributed by atoms with Crippen molar-refractivity contribution in [2.24, 2.45) is 5.92 Å². The minimum atomic E-state index is -0.165. The van der Waals surface area contributed by atoms with Gasteiger partial charge in [-0.25, -0.2) is 9.67 Å². The van der Waals surface area contributed by atoms with Crippen molar-refractivity contribution in [2.45, 2.75) is 19.4 Å². The lowest BCUT2D eigenvalue weighted by molar-refractivity contribution is -0.126. The van der Waals surface area contributed by atoms with E-state index in [0.29, 0.717) is 13.0 Å². The maximum atomic E-state index is 12.6. The smallest absolute Gasteiger partial charge is 0.227 e. The lowest BCUT2D eigenvalue weighted by Gasteiger charge is -2.26. The molecule has 6 nitrogen and oxygen atoms in total. The molecule has 1 aromatic heterocycles. The summed E-state index contributed by atoms with van der Waals surface area (Å²) in [5.74, 6) is 0.738. The van der Waals surface area contributed by atoms with Crippen molar-refractivity contribution >= 4 is 5.91 Å². The quantitative estimate of drug-likeness (QED) is 0.787. The second kappa shape index (κ2) is 7.00. The second-order valence-electron chi connectivity index (χ2n) is 6.48. The van der Waals surface area contributed by atoms with Gasteiger partial charge in [-0.05, 0) is 42.7 Å². The molecule has 26 heavy (non-hydrogen) atoms. The van der Waals surface area contributed by atoms with E-state index in [1.54, 1.807) is 11.0 Å². The molecule has 0 radical (unpaired) electrons. The van der Waals surface area contributed by atoms with Crippen molar-refractivity contribution in [3.8, 4) is 11.4 Å². The fraction of sp³-hybridized carbons (Fsp3) is 0.250. The van der Waals surface area contributed by atoms with Crippen molar-refractivity contribution in [3.05, 3.63) is 72.3 Å². The van der Waals surface area contributed by atoms with Crippen molar-refractivity contribution in [1.82, 2.24) is 20.1 Å². The largest absolute Gasteiger partial charge is 0.492 e. The Labute approximate surface area is 151 Å². The van der Waals surface area contributed by atoms with Crippen LogP contribution in [0, 0.1) is 5.92 Å². The van der Waals surface area contributed by atoms with Gasteiger partial charge in [0.15, 0.2) is 0 Å². The monoisotopic (exact) mass is 348 g/mol. The van der Waals surface area contributed by atoms with E-state index in [2.05, 4.69) is 15.4 Å². The highest BCUT2D eigenvalue weighted by Crippen LogP contribution is 2.27. The van der Waals surface area contributed by atoms with Crippen LogP contribution in [0.2, 0.25) is 0 Å². The van der Waals surface area contributed by atoms with Gasteiger partial charge in [-0.15, -0.1) is 0 Å². The fourth-order valence-corrected chi connectivity index (χ4v) is 3.17.